The number of aromatic amines is 1. The summed E-state index contributed by atoms with van der Waals surface area (Å²) < 4.78 is 5.39. The molecule has 0 bridgehead atoms. The minimum Gasteiger partial charge on any atom is -0.356 e. The van der Waals surface area contributed by atoms with Crippen LogP contribution in [0.15, 0.2) is 40.9 Å². The molecule has 1 fully saturated rings. The standard InChI is InChI=1S/C23H27N5O2/c1-2-28(23(29)22-25-19-8-3-4-9-20(19)26-22)18-7-5-6-16(12-18)24-14-17-13-21(30-27-17)15-10-11-15/h3-4,8-10,13,16,18,24H,2,5-7,11-12,14H2,1H3,(H,25,26)/t16-,18+/m1/s1. The van der Waals surface area contributed by atoms with Gasteiger partial charge in [-0.05, 0) is 56.7 Å². The second-order valence-corrected chi connectivity index (χ2v) is 8.21. The van der Waals surface area contributed by atoms with Gasteiger partial charge in [0, 0.05) is 31.2 Å². The Hall–Kier alpha value is -2.93. The quantitative estimate of drug-likeness (QED) is 0.622. The number of benzene rings is 1. The Balaban J connectivity index is 1.22. The molecule has 7 nitrogen and oxygen atoms in total. The fourth-order valence-corrected chi connectivity index (χ4v) is 4.44. The molecule has 1 amide bonds. The van der Waals surface area contributed by atoms with Crippen LogP contribution in [-0.2, 0) is 6.54 Å². The number of fused-ring (bicyclic) bond motifs is 1. The molecule has 2 atom stereocenters. The minimum atomic E-state index is -0.0156. The third-order valence-corrected chi connectivity index (χ3v) is 6.14. The SMILES string of the molecule is CCN(C(=O)c1nc2ccccc2[nH]1)[C@H]1CCC[C@@H](NCc2cc(C3=CC3)on2)C1. The molecule has 1 aromatic carbocycles. The predicted molar refractivity (Wildman–Crippen MR) is 115 cm³/mol. The third kappa shape index (κ3) is 3.89. The van der Waals surface area contributed by atoms with Gasteiger partial charge >= 0.3 is 0 Å². The van der Waals surface area contributed by atoms with Crippen molar-refractivity contribution in [3.63, 3.8) is 0 Å². The lowest BCUT2D eigenvalue weighted by atomic mass is 9.89. The van der Waals surface area contributed by atoms with E-state index in [0.717, 1.165) is 54.6 Å². The molecule has 0 saturated heterocycles. The van der Waals surface area contributed by atoms with Crippen LogP contribution in [0.1, 0.15) is 61.1 Å². The first kappa shape index (κ1) is 19.1. The average molecular weight is 406 g/mol. The lowest BCUT2D eigenvalue weighted by molar-refractivity contribution is 0.0617. The number of hydrogen-bond acceptors (Lipinski definition) is 5. The molecule has 156 valence electrons. The van der Waals surface area contributed by atoms with E-state index in [9.17, 15) is 4.79 Å². The number of aromatic nitrogens is 3. The maximum atomic E-state index is 13.2. The summed E-state index contributed by atoms with van der Waals surface area (Å²) >= 11 is 0. The van der Waals surface area contributed by atoms with E-state index < -0.39 is 0 Å². The minimum absolute atomic E-state index is 0.0156. The molecule has 2 aliphatic rings. The number of amides is 1. The van der Waals surface area contributed by atoms with E-state index in [1.54, 1.807) is 0 Å². The molecule has 7 heteroatoms. The van der Waals surface area contributed by atoms with Crippen LogP contribution < -0.4 is 5.32 Å². The second kappa shape index (κ2) is 8.07. The number of H-pyrrole nitrogens is 1. The zero-order valence-corrected chi connectivity index (χ0v) is 17.2. The van der Waals surface area contributed by atoms with Crippen molar-refractivity contribution in [2.75, 3.05) is 6.54 Å². The molecule has 2 N–H and O–H groups in total. The highest BCUT2D eigenvalue weighted by molar-refractivity contribution is 5.94. The first-order chi connectivity index (χ1) is 14.7. The first-order valence-electron chi connectivity index (χ1n) is 10.9. The Morgan fingerprint density at radius 3 is 3.00 bits per heavy atom. The van der Waals surface area contributed by atoms with Crippen LogP contribution in [0.5, 0.6) is 0 Å². The highest BCUT2D eigenvalue weighted by Crippen LogP contribution is 2.31. The third-order valence-electron chi connectivity index (χ3n) is 6.14. The van der Waals surface area contributed by atoms with Crippen molar-refractivity contribution in [3.8, 4) is 0 Å². The van der Waals surface area contributed by atoms with E-state index in [1.807, 2.05) is 42.2 Å². The van der Waals surface area contributed by atoms with Crippen molar-refractivity contribution in [1.29, 1.82) is 0 Å². The molecule has 2 aliphatic carbocycles. The van der Waals surface area contributed by atoms with Crippen molar-refractivity contribution in [1.82, 2.24) is 25.3 Å². The van der Waals surface area contributed by atoms with Gasteiger partial charge in [-0.1, -0.05) is 23.4 Å². The summed E-state index contributed by atoms with van der Waals surface area (Å²) in [5.41, 5.74) is 3.91. The second-order valence-electron chi connectivity index (χ2n) is 8.21. The summed E-state index contributed by atoms with van der Waals surface area (Å²) in [5.74, 6) is 1.30. The molecule has 2 aromatic heterocycles. The summed E-state index contributed by atoms with van der Waals surface area (Å²) in [6.07, 6.45) is 7.34. The zero-order chi connectivity index (χ0) is 20.5. The topological polar surface area (TPSA) is 87.0 Å². The van der Waals surface area contributed by atoms with E-state index in [0.29, 0.717) is 25.0 Å². The van der Waals surface area contributed by atoms with E-state index in [2.05, 4.69) is 26.5 Å². The molecule has 0 spiro atoms. The van der Waals surface area contributed by atoms with Gasteiger partial charge in [-0.15, -0.1) is 0 Å². The highest BCUT2D eigenvalue weighted by Gasteiger charge is 2.30. The lowest BCUT2D eigenvalue weighted by Crippen LogP contribution is -2.47. The molecule has 0 unspecified atom stereocenters. The molecule has 5 rings (SSSR count). The number of carbonyl (C=O) groups excluding carboxylic acids is 1. The largest absolute Gasteiger partial charge is 0.356 e. The van der Waals surface area contributed by atoms with E-state index in [4.69, 9.17) is 4.52 Å². The summed E-state index contributed by atoms with van der Waals surface area (Å²) in [5, 5.41) is 7.78. The average Bonchev–Trinajstić information content (AvgIpc) is 3.35. The van der Waals surface area contributed by atoms with Crippen molar-refractivity contribution in [2.45, 2.75) is 57.7 Å². The summed E-state index contributed by atoms with van der Waals surface area (Å²) in [6, 6.07) is 10.4. The Morgan fingerprint density at radius 2 is 2.20 bits per heavy atom. The molecular weight excluding hydrogens is 378 g/mol. The molecule has 2 heterocycles. The van der Waals surface area contributed by atoms with E-state index in [-0.39, 0.29) is 11.9 Å². The summed E-state index contributed by atoms with van der Waals surface area (Å²) in [4.78, 5) is 22.8. The van der Waals surface area contributed by atoms with Crippen molar-refractivity contribution < 1.29 is 9.32 Å². The molecule has 1 saturated carbocycles. The van der Waals surface area contributed by atoms with Crippen LogP contribution >= 0.6 is 0 Å². The number of nitrogens with zero attached hydrogens (tertiary/aromatic N) is 3. The summed E-state index contributed by atoms with van der Waals surface area (Å²) in [6.45, 7) is 3.41. The highest BCUT2D eigenvalue weighted by atomic mass is 16.5. The Morgan fingerprint density at radius 1 is 1.33 bits per heavy atom. The number of para-hydroxylation sites is 2. The molecule has 3 aromatic rings. The van der Waals surface area contributed by atoms with Crippen LogP contribution in [0, 0.1) is 0 Å². The van der Waals surface area contributed by atoms with Gasteiger partial charge in [0.05, 0.1) is 16.7 Å². The first-order valence-corrected chi connectivity index (χ1v) is 10.9. The Labute approximate surface area is 175 Å². The van der Waals surface area contributed by atoms with Crippen molar-refractivity contribution in [3.05, 3.63) is 53.7 Å². The van der Waals surface area contributed by atoms with E-state index in [1.165, 1.54) is 5.57 Å². The van der Waals surface area contributed by atoms with Gasteiger partial charge in [-0.25, -0.2) is 4.98 Å². The number of carbonyl (C=O) groups is 1. The number of imidazole rings is 1. The Bertz CT molecular complexity index is 1050. The van der Waals surface area contributed by atoms with Gasteiger partial charge in [0.25, 0.3) is 5.91 Å². The van der Waals surface area contributed by atoms with Gasteiger partial charge in [0.2, 0.25) is 0 Å². The predicted octanol–water partition coefficient (Wildman–Crippen LogP) is 3.90. The maximum absolute atomic E-state index is 13.2. The molecule has 30 heavy (non-hydrogen) atoms. The number of rotatable bonds is 7. The molecule has 0 aliphatic heterocycles. The van der Waals surface area contributed by atoms with Crippen molar-refractivity contribution in [2.24, 2.45) is 0 Å². The van der Waals surface area contributed by atoms with Gasteiger partial charge in [-0.3, -0.25) is 4.79 Å². The van der Waals surface area contributed by atoms with Gasteiger partial charge < -0.3 is 19.7 Å². The normalized spacial score (nSPS) is 20.9. The fourth-order valence-electron chi connectivity index (χ4n) is 4.44. The van der Waals surface area contributed by atoms with E-state index >= 15 is 0 Å². The van der Waals surface area contributed by atoms with Gasteiger partial charge in [-0.2, -0.15) is 0 Å². The number of allylic oxidation sites excluding steroid dienone is 2. The zero-order valence-electron chi connectivity index (χ0n) is 17.2. The molecule has 0 radical (unpaired) electrons. The summed E-state index contributed by atoms with van der Waals surface area (Å²) in [7, 11) is 0. The lowest BCUT2D eigenvalue weighted by Gasteiger charge is -2.37. The van der Waals surface area contributed by atoms with Crippen LogP contribution in [-0.4, -0.2) is 44.6 Å². The fraction of sp³-hybridized carbons (Fsp3) is 0.435. The van der Waals surface area contributed by atoms with Crippen molar-refractivity contribution >= 4 is 22.5 Å². The van der Waals surface area contributed by atoms with Crippen LogP contribution in [0.2, 0.25) is 0 Å². The van der Waals surface area contributed by atoms with Crippen LogP contribution in [0.4, 0.5) is 0 Å². The number of hydrogen-bond donors (Lipinski definition) is 2. The monoisotopic (exact) mass is 405 g/mol. The van der Waals surface area contributed by atoms with Crippen LogP contribution in [0.3, 0.4) is 0 Å². The van der Waals surface area contributed by atoms with Gasteiger partial charge in [0.15, 0.2) is 11.6 Å². The van der Waals surface area contributed by atoms with Crippen LogP contribution in [0.25, 0.3) is 16.6 Å². The Kier molecular flexibility index (Phi) is 5.12. The number of nitrogens with one attached hydrogen (secondary N) is 2. The van der Waals surface area contributed by atoms with Gasteiger partial charge in [0.1, 0.15) is 0 Å². The molecular formula is C23H27N5O2. The maximum Gasteiger partial charge on any atom is 0.289 e. The smallest absolute Gasteiger partial charge is 0.289 e.